The van der Waals surface area contributed by atoms with Gasteiger partial charge in [0.15, 0.2) is 0 Å². The van der Waals surface area contributed by atoms with Gasteiger partial charge in [0.25, 0.3) is 5.69 Å². The minimum atomic E-state index is -0.655. The fraction of sp³-hybridized carbons (Fsp3) is 0.364. The molecule has 0 aliphatic rings. The number of nitro benzene ring substituents is 1. The maximum Gasteiger partial charge on any atom is 0.345 e. The highest BCUT2D eigenvalue weighted by Gasteiger charge is 2.25. The van der Waals surface area contributed by atoms with E-state index in [2.05, 4.69) is 0 Å². The van der Waals surface area contributed by atoms with Crippen molar-refractivity contribution in [2.75, 3.05) is 12.4 Å². The molecule has 5 nitrogen and oxygen atoms in total. The molecule has 0 amide bonds. The lowest BCUT2D eigenvalue weighted by Gasteiger charge is -2.06. The second kappa shape index (κ2) is 6.24. The summed E-state index contributed by atoms with van der Waals surface area (Å²) in [5.74, 6) is 0.0466. The fourth-order valence-corrected chi connectivity index (χ4v) is 2.16. The Morgan fingerprint density at radius 2 is 2.18 bits per heavy atom. The summed E-state index contributed by atoms with van der Waals surface area (Å²) in [6, 6.07) is 4.67. The molecule has 0 saturated carbocycles. The molecule has 17 heavy (non-hydrogen) atoms. The third-order valence-corrected chi connectivity index (χ3v) is 2.91. The van der Waals surface area contributed by atoms with Crippen LogP contribution >= 0.6 is 11.8 Å². The molecule has 0 saturated heterocycles. The SMILES string of the molecule is CCOC(=O)c1cccc(SCC)c1[N+](=O)[O-]. The van der Waals surface area contributed by atoms with Crippen LogP contribution in [0.5, 0.6) is 0 Å². The number of carbonyl (C=O) groups is 1. The smallest absolute Gasteiger partial charge is 0.345 e. The lowest BCUT2D eigenvalue weighted by molar-refractivity contribution is -0.388. The van der Waals surface area contributed by atoms with Gasteiger partial charge in [0, 0.05) is 0 Å². The Kier molecular flexibility index (Phi) is 4.96. The third-order valence-electron chi connectivity index (χ3n) is 1.98. The number of ether oxygens (including phenoxy) is 1. The summed E-state index contributed by atoms with van der Waals surface area (Å²) in [7, 11) is 0. The zero-order chi connectivity index (χ0) is 12.8. The quantitative estimate of drug-likeness (QED) is 0.350. The van der Waals surface area contributed by atoms with Crippen molar-refractivity contribution in [2.45, 2.75) is 18.7 Å². The van der Waals surface area contributed by atoms with Crippen LogP contribution in [0.25, 0.3) is 0 Å². The van der Waals surface area contributed by atoms with Crippen LogP contribution in [-0.4, -0.2) is 23.3 Å². The first-order valence-electron chi connectivity index (χ1n) is 5.19. The summed E-state index contributed by atoms with van der Waals surface area (Å²) in [4.78, 5) is 22.6. The van der Waals surface area contributed by atoms with Crippen molar-refractivity contribution in [2.24, 2.45) is 0 Å². The number of thioether (sulfide) groups is 1. The van der Waals surface area contributed by atoms with E-state index in [1.807, 2.05) is 6.92 Å². The van der Waals surface area contributed by atoms with Crippen molar-refractivity contribution in [1.82, 2.24) is 0 Å². The van der Waals surface area contributed by atoms with Crippen LogP contribution in [0.2, 0.25) is 0 Å². The average molecular weight is 255 g/mol. The maximum atomic E-state index is 11.6. The highest BCUT2D eigenvalue weighted by Crippen LogP contribution is 2.32. The van der Waals surface area contributed by atoms with Crippen LogP contribution in [0.4, 0.5) is 5.69 Å². The Bertz CT molecular complexity index is 433. The second-order valence-electron chi connectivity index (χ2n) is 3.06. The second-order valence-corrected chi connectivity index (χ2v) is 4.37. The summed E-state index contributed by atoms with van der Waals surface area (Å²) in [6.07, 6.45) is 0. The van der Waals surface area contributed by atoms with Crippen molar-refractivity contribution in [1.29, 1.82) is 0 Å². The molecule has 0 fully saturated rings. The van der Waals surface area contributed by atoms with E-state index in [0.29, 0.717) is 10.6 Å². The van der Waals surface area contributed by atoms with Gasteiger partial charge in [-0.05, 0) is 24.8 Å². The predicted molar refractivity (Wildman–Crippen MR) is 65.5 cm³/mol. The lowest BCUT2D eigenvalue weighted by atomic mass is 10.2. The largest absolute Gasteiger partial charge is 0.462 e. The number of para-hydroxylation sites is 1. The number of hydrogen-bond acceptors (Lipinski definition) is 5. The lowest BCUT2D eigenvalue weighted by Crippen LogP contribution is -2.08. The Balaban J connectivity index is 3.24. The van der Waals surface area contributed by atoms with Crippen molar-refractivity contribution < 1.29 is 14.5 Å². The van der Waals surface area contributed by atoms with Gasteiger partial charge in [0.1, 0.15) is 5.56 Å². The topological polar surface area (TPSA) is 69.4 Å². The van der Waals surface area contributed by atoms with Gasteiger partial charge in [0.05, 0.1) is 16.4 Å². The van der Waals surface area contributed by atoms with E-state index in [4.69, 9.17) is 4.74 Å². The fourth-order valence-electron chi connectivity index (χ4n) is 1.36. The van der Waals surface area contributed by atoms with E-state index < -0.39 is 10.9 Å². The van der Waals surface area contributed by atoms with Gasteiger partial charge in [-0.15, -0.1) is 11.8 Å². The Labute approximate surface area is 103 Å². The molecule has 0 radical (unpaired) electrons. The monoisotopic (exact) mass is 255 g/mol. The molecular weight excluding hydrogens is 242 g/mol. The predicted octanol–water partition coefficient (Wildman–Crippen LogP) is 2.88. The number of rotatable bonds is 5. The normalized spacial score (nSPS) is 10.0. The van der Waals surface area contributed by atoms with E-state index in [9.17, 15) is 14.9 Å². The van der Waals surface area contributed by atoms with Crippen molar-refractivity contribution in [3.63, 3.8) is 0 Å². The summed E-state index contributed by atoms with van der Waals surface area (Å²) in [6.45, 7) is 3.75. The molecule has 0 aliphatic heterocycles. The molecule has 0 spiro atoms. The highest BCUT2D eigenvalue weighted by atomic mass is 32.2. The van der Waals surface area contributed by atoms with Crippen LogP contribution in [0.3, 0.4) is 0 Å². The molecule has 0 atom stereocenters. The molecule has 0 aliphatic carbocycles. The summed E-state index contributed by atoms with van der Waals surface area (Å²) < 4.78 is 4.80. The highest BCUT2D eigenvalue weighted by molar-refractivity contribution is 7.99. The molecule has 1 aromatic rings. The minimum absolute atomic E-state index is 0.00954. The van der Waals surface area contributed by atoms with E-state index in [0.717, 1.165) is 0 Å². The molecule has 92 valence electrons. The minimum Gasteiger partial charge on any atom is -0.462 e. The van der Waals surface area contributed by atoms with Gasteiger partial charge >= 0.3 is 5.97 Å². The summed E-state index contributed by atoms with van der Waals surface area (Å²) in [5.41, 5.74) is -0.159. The summed E-state index contributed by atoms with van der Waals surface area (Å²) in [5, 5.41) is 11.0. The van der Waals surface area contributed by atoms with Crippen LogP contribution in [-0.2, 0) is 4.74 Å². The Morgan fingerprint density at radius 3 is 2.71 bits per heavy atom. The standard InChI is InChI=1S/C11H13NO4S/c1-3-16-11(13)8-6-5-7-9(17-4-2)10(8)12(14)15/h5-7H,3-4H2,1-2H3. The number of nitro groups is 1. The van der Waals surface area contributed by atoms with Gasteiger partial charge in [-0.3, -0.25) is 10.1 Å². The number of nitrogens with zero attached hydrogens (tertiary/aromatic N) is 1. The molecule has 0 aromatic heterocycles. The van der Waals surface area contributed by atoms with Gasteiger partial charge in [-0.25, -0.2) is 4.79 Å². The summed E-state index contributed by atoms with van der Waals surface area (Å²) >= 11 is 1.33. The van der Waals surface area contributed by atoms with Crippen LogP contribution < -0.4 is 0 Å². The molecular formula is C11H13NO4S. The van der Waals surface area contributed by atoms with E-state index in [1.165, 1.54) is 17.8 Å². The number of hydrogen-bond donors (Lipinski definition) is 0. The van der Waals surface area contributed by atoms with Crippen LogP contribution in [0.15, 0.2) is 23.1 Å². The number of carbonyl (C=O) groups excluding carboxylic acids is 1. The molecule has 0 bridgehead atoms. The van der Waals surface area contributed by atoms with Crippen LogP contribution in [0.1, 0.15) is 24.2 Å². The van der Waals surface area contributed by atoms with Crippen LogP contribution in [0, 0.1) is 10.1 Å². The van der Waals surface area contributed by atoms with E-state index in [-0.39, 0.29) is 17.9 Å². The van der Waals surface area contributed by atoms with Gasteiger partial charge in [0.2, 0.25) is 0 Å². The first-order chi connectivity index (χ1) is 8.11. The van der Waals surface area contributed by atoms with Gasteiger partial charge in [-0.1, -0.05) is 13.0 Å². The zero-order valence-electron chi connectivity index (χ0n) is 9.63. The average Bonchev–Trinajstić information content (AvgIpc) is 2.29. The molecule has 0 N–H and O–H groups in total. The van der Waals surface area contributed by atoms with E-state index in [1.54, 1.807) is 19.1 Å². The zero-order valence-corrected chi connectivity index (χ0v) is 10.5. The Morgan fingerprint density at radius 1 is 1.47 bits per heavy atom. The molecule has 6 heteroatoms. The van der Waals surface area contributed by atoms with Crippen molar-refractivity contribution in [3.8, 4) is 0 Å². The number of benzene rings is 1. The first-order valence-corrected chi connectivity index (χ1v) is 6.17. The Hall–Kier alpha value is -1.56. The molecule has 1 rings (SSSR count). The van der Waals surface area contributed by atoms with E-state index >= 15 is 0 Å². The maximum absolute atomic E-state index is 11.6. The van der Waals surface area contributed by atoms with Crippen molar-refractivity contribution >= 4 is 23.4 Å². The number of esters is 1. The third kappa shape index (κ3) is 3.20. The van der Waals surface area contributed by atoms with Crippen molar-refractivity contribution in [3.05, 3.63) is 33.9 Å². The molecule has 0 heterocycles. The van der Waals surface area contributed by atoms with Gasteiger partial charge in [-0.2, -0.15) is 0 Å². The van der Waals surface area contributed by atoms with Gasteiger partial charge < -0.3 is 4.74 Å². The molecule has 1 aromatic carbocycles. The first kappa shape index (κ1) is 13.5. The molecule has 0 unspecified atom stereocenters.